The third-order valence-electron chi connectivity index (χ3n) is 2.42. The molecule has 0 saturated carbocycles. The van der Waals surface area contributed by atoms with Crippen LogP contribution in [0.3, 0.4) is 0 Å². The minimum absolute atomic E-state index is 0.268. The van der Waals surface area contributed by atoms with E-state index < -0.39 is 5.91 Å². The second-order valence-electron chi connectivity index (χ2n) is 3.71. The third kappa shape index (κ3) is 2.51. The van der Waals surface area contributed by atoms with Crippen molar-refractivity contribution in [2.75, 3.05) is 7.05 Å². The molecule has 0 spiro atoms. The number of primary amides is 1. The number of nitrogens with one attached hydrogen (secondary N) is 1. The minimum Gasteiger partial charge on any atom is -0.364 e. The number of amides is 1. The first-order chi connectivity index (χ1) is 8.20. The maximum atomic E-state index is 10.9. The zero-order valence-electron chi connectivity index (χ0n) is 9.55. The lowest BCUT2D eigenvalue weighted by atomic mass is 10.2. The number of aromatic nitrogens is 2. The van der Waals surface area contributed by atoms with Crippen LogP contribution in [0.4, 0.5) is 0 Å². The SMILES string of the molecule is CNCc1ccc(-n2ccc(C(N)=O)n2)cc1. The van der Waals surface area contributed by atoms with Crippen LogP contribution in [0, 0.1) is 0 Å². The highest BCUT2D eigenvalue weighted by Gasteiger charge is 2.05. The van der Waals surface area contributed by atoms with E-state index in [4.69, 9.17) is 5.73 Å². The normalized spacial score (nSPS) is 10.4. The highest BCUT2D eigenvalue weighted by Crippen LogP contribution is 2.09. The summed E-state index contributed by atoms with van der Waals surface area (Å²) in [7, 11) is 1.90. The highest BCUT2D eigenvalue weighted by molar-refractivity contribution is 5.90. The second kappa shape index (κ2) is 4.80. The van der Waals surface area contributed by atoms with E-state index in [9.17, 15) is 4.79 Å². The highest BCUT2D eigenvalue weighted by atomic mass is 16.1. The fraction of sp³-hybridized carbons (Fsp3) is 0.167. The monoisotopic (exact) mass is 230 g/mol. The summed E-state index contributed by atoms with van der Waals surface area (Å²) in [4.78, 5) is 10.9. The molecule has 5 nitrogen and oxygen atoms in total. The van der Waals surface area contributed by atoms with Crippen molar-refractivity contribution in [1.29, 1.82) is 0 Å². The van der Waals surface area contributed by atoms with Crippen LogP contribution in [-0.4, -0.2) is 22.7 Å². The molecular formula is C12H14N4O. The first kappa shape index (κ1) is 11.3. The van der Waals surface area contributed by atoms with Crippen LogP contribution in [-0.2, 0) is 6.54 Å². The van der Waals surface area contributed by atoms with Crippen LogP contribution in [0.2, 0.25) is 0 Å². The number of hydrogen-bond acceptors (Lipinski definition) is 3. The Morgan fingerprint density at radius 2 is 2.06 bits per heavy atom. The summed E-state index contributed by atoms with van der Waals surface area (Å²) in [5.74, 6) is -0.518. The Hall–Kier alpha value is -2.14. The van der Waals surface area contributed by atoms with E-state index >= 15 is 0 Å². The Kier molecular flexibility index (Phi) is 3.20. The smallest absolute Gasteiger partial charge is 0.269 e. The lowest BCUT2D eigenvalue weighted by molar-refractivity contribution is 0.0995. The van der Waals surface area contributed by atoms with Gasteiger partial charge in [0, 0.05) is 12.7 Å². The molecule has 0 unspecified atom stereocenters. The van der Waals surface area contributed by atoms with Crippen LogP contribution < -0.4 is 11.1 Å². The topological polar surface area (TPSA) is 72.9 Å². The summed E-state index contributed by atoms with van der Waals surface area (Å²) in [6.07, 6.45) is 1.72. The Morgan fingerprint density at radius 3 is 2.59 bits per heavy atom. The lowest BCUT2D eigenvalue weighted by Crippen LogP contribution is -2.12. The molecule has 0 aliphatic carbocycles. The molecule has 88 valence electrons. The van der Waals surface area contributed by atoms with Gasteiger partial charge in [0.1, 0.15) is 5.69 Å². The molecule has 0 radical (unpaired) electrons. The van der Waals surface area contributed by atoms with E-state index in [-0.39, 0.29) is 5.69 Å². The molecule has 1 heterocycles. The van der Waals surface area contributed by atoms with Crippen molar-refractivity contribution in [2.45, 2.75) is 6.54 Å². The van der Waals surface area contributed by atoms with E-state index in [1.807, 2.05) is 31.3 Å². The van der Waals surface area contributed by atoms with Gasteiger partial charge < -0.3 is 11.1 Å². The number of nitrogens with zero attached hydrogens (tertiary/aromatic N) is 2. The van der Waals surface area contributed by atoms with Gasteiger partial charge in [-0.1, -0.05) is 12.1 Å². The first-order valence-electron chi connectivity index (χ1n) is 5.30. The number of hydrogen-bond donors (Lipinski definition) is 2. The summed E-state index contributed by atoms with van der Waals surface area (Å²) in [6.45, 7) is 0.825. The van der Waals surface area contributed by atoms with Gasteiger partial charge in [-0.3, -0.25) is 4.79 Å². The van der Waals surface area contributed by atoms with Gasteiger partial charge in [0.25, 0.3) is 5.91 Å². The quantitative estimate of drug-likeness (QED) is 0.811. The summed E-state index contributed by atoms with van der Waals surface area (Å²) < 4.78 is 1.63. The number of nitrogens with two attached hydrogens (primary N) is 1. The van der Waals surface area contributed by atoms with E-state index in [1.54, 1.807) is 16.9 Å². The van der Waals surface area contributed by atoms with E-state index in [2.05, 4.69) is 10.4 Å². The zero-order valence-corrected chi connectivity index (χ0v) is 9.55. The van der Waals surface area contributed by atoms with E-state index in [0.29, 0.717) is 0 Å². The molecule has 0 aliphatic rings. The van der Waals surface area contributed by atoms with Crippen LogP contribution in [0.15, 0.2) is 36.5 Å². The molecule has 0 bridgehead atoms. The van der Waals surface area contributed by atoms with E-state index in [1.165, 1.54) is 5.56 Å². The number of rotatable bonds is 4. The molecule has 0 fully saturated rings. The van der Waals surface area contributed by atoms with Crippen molar-refractivity contribution in [1.82, 2.24) is 15.1 Å². The zero-order chi connectivity index (χ0) is 12.3. The molecule has 1 aromatic carbocycles. The molecular weight excluding hydrogens is 216 g/mol. The molecule has 5 heteroatoms. The van der Waals surface area contributed by atoms with Crippen molar-refractivity contribution in [2.24, 2.45) is 5.73 Å². The van der Waals surface area contributed by atoms with Crippen molar-refractivity contribution in [3.8, 4) is 5.69 Å². The summed E-state index contributed by atoms with van der Waals surface area (Å²) in [5.41, 5.74) is 7.51. The van der Waals surface area contributed by atoms with Gasteiger partial charge in [-0.2, -0.15) is 5.10 Å². The first-order valence-corrected chi connectivity index (χ1v) is 5.30. The predicted octanol–water partition coefficient (Wildman–Crippen LogP) is 0.691. The Balaban J connectivity index is 2.23. The molecule has 2 aromatic rings. The van der Waals surface area contributed by atoms with E-state index in [0.717, 1.165) is 12.2 Å². The van der Waals surface area contributed by atoms with Gasteiger partial charge >= 0.3 is 0 Å². The average Bonchev–Trinajstić information content (AvgIpc) is 2.80. The van der Waals surface area contributed by atoms with Crippen LogP contribution in [0.1, 0.15) is 16.1 Å². The number of benzene rings is 1. The van der Waals surface area contributed by atoms with Gasteiger partial charge in [-0.15, -0.1) is 0 Å². The molecule has 1 aromatic heterocycles. The van der Waals surface area contributed by atoms with Crippen molar-refractivity contribution < 1.29 is 4.79 Å². The van der Waals surface area contributed by atoms with Crippen LogP contribution in [0.25, 0.3) is 5.69 Å². The number of carbonyl (C=O) groups is 1. The molecule has 2 rings (SSSR count). The average molecular weight is 230 g/mol. The molecule has 17 heavy (non-hydrogen) atoms. The Bertz CT molecular complexity index is 516. The molecule has 0 saturated heterocycles. The Morgan fingerprint density at radius 1 is 1.35 bits per heavy atom. The van der Waals surface area contributed by atoms with Crippen molar-refractivity contribution in [3.05, 3.63) is 47.8 Å². The van der Waals surface area contributed by atoms with Crippen molar-refractivity contribution in [3.63, 3.8) is 0 Å². The Labute approximate surface area is 99.2 Å². The van der Waals surface area contributed by atoms with Gasteiger partial charge in [0.15, 0.2) is 0 Å². The van der Waals surface area contributed by atoms with Gasteiger partial charge in [-0.05, 0) is 30.8 Å². The minimum atomic E-state index is -0.518. The summed E-state index contributed by atoms with van der Waals surface area (Å²) in [5, 5.41) is 7.16. The fourth-order valence-electron chi connectivity index (χ4n) is 1.57. The van der Waals surface area contributed by atoms with Gasteiger partial charge in [0.2, 0.25) is 0 Å². The predicted molar refractivity (Wildman–Crippen MR) is 64.8 cm³/mol. The third-order valence-corrected chi connectivity index (χ3v) is 2.42. The molecule has 0 atom stereocenters. The maximum absolute atomic E-state index is 10.9. The molecule has 1 amide bonds. The lowest BCUT2D eigenvalue weighted by Gasteiger charge is -2.03. The summed E-state index contributed by atoms with van der Waals surface area (Å²) in [6, 6.07) is 9.52. The van der Waals surface area contributed by atoms with Gasteiger partial charge in [-0.25, -0.2) is 4.68 Å². The second-order valence-corrected chi connectivity index (χ2v) is 3.71. The standard InChI is InChI=1S/C12H14N4O/c1-14-8-9-2-4-10(5-3-9)16-7-6-11(15-16)12(13)17/h2-7,14H,8H2,1H3,(H2,13,17). The van der Waals surface area contributed by atoms with Crippen LogP contribution in [0.5, 0.6) is 0 Å². The maximum Gasteiger partial charge on any atom is 0.269 e. The van der Waals surface area contributed by atoms with Crippen LogP contribution >= 0.6 is 0 Å². The van der Waals surface area contributed by atoms with Gasteiger partial charge in [0.05, 0.1) is 5.69 Å². The summed E-state index contributed by atoms with van der Waals surface area (Å²) >= 11 is 0. The number of carbonyl (C=O) groups excluding carboxylic acids is 1. The van der Waals surface area contributed by atoms with Crippen molar-refractivity contribution >= 4 is 5.91 Å². The largest absolute Gasteiger partial charge is 0.364 e. The fourth-order valence-corrected chi connectivity index (χ4v) is 1.57. The molecule has 3 N–H and O–H groups in total. The molecule has 0 aliphatic heterocycles.